The van der Waals surface area contributed by atoms with E-state index in [1.165, 1.54) is 4.31 Å². The first-order valence-electron chi connectivity index (χ1n) is 8.33. The van der Waals surface area contributed by atoms with Crippen LogP contribution in [0.25, 0.3) is 0 Å². The fourth-order valence-corrected chi connectivity index (χ4v) is 4.97. The van der Waals surface area contributed by atoms with E-state index in [1.807, 2.05) is 36.4 Å². The van der Waals surface area contributed by atoms with Gasteiger partial charge in [-0.05, 0) is 17.7 Å². The average Bonchev–Trinajstić information content (AvgIpc) is 3.46. The normalized spacial score (nSPS) is 21.9. The van der Waals surface area contributed by atoms with Gasteiger partial charge >= 0.3 is 0 Å². The number of rotatable bonds is 5. The molecule has 3 aromatic rings. The quantitative estimate of drug-likeness (QED) is 0.513. The van der Waals surface area contributed by atoms with Crippen LogP contribution in [0.15, 0.2) is 95.9 Å². The van der Waals surface area contributed by atoms with Crippen molar-refractivity contribution in [2.75, 3.05) is 0 Å². The summed E-state index contributed by atoms with van der Waals surface area (Å²) < 4.78 is 27.5. The van der Waals surface area contributed by atoms with Crippen LogP contribution in [0, 0.1) is 0 Å². The minimum absolute atomic E-state index is 0.182. The zero-order valence-electron chi connectivity index (χ0n) is 13.9. The van der Waals surface area contributed by atoms with Crippen LogP contribution in [0.4, 0.5) is 0 Å². The molecular weight excluding hydrogens is 346 g/mol. The molecule has 3 atom stereocenters. The molecule has 4 rings (SSSR count). The highest BCUT2D eigenvalue weighted by molar-refractivity contribution is 7.89. The van der Waals surface area contributed by atoms with Crippen molar-refractivity contribution in [1.82, 2.24) is 4.31 Å². The van der Waals surface area contributed by atoms with Gasteiger partial charge in [0.25, 0.3) is 0 Å². The third-order valence-corrected chi connectivity index (χ3v) is 6.42. The molecule has 0 N–H and O–H groups in total. The predicted octanol–water partition coefficient (Wildman–Crippen LogP) is 3.68. The van der Waals surface area contributed by atoms with Crippen molar-refractivity contribution in [2.45, 2.75) is 17.0 Å². The van der Waals surface area contributed by atoms with Crippen LogP contribution >= 0.6 is 0 Å². The predicted molar refractivity (Wildman–Crippen MR) is 99.2 cm³/mol. The van der Waals surface area contributed by atoms with Gasteiger partial charge in [-0.3, -0.25) is 4.79 Å². The van der Waals surface area contributed by atoms with Gasteiger partial charge < -0.3 is 0 Å². The Labute approximate surface area is 152 Å². The van der Waals surface area contributed by atoms with Crippen molar-refractivity contribution in [1.29, 1.82) is 0 Å². The SMILES string of the molecule is O=C(c1ccccc1)[C@@H]1[C@H](c2ccccc2)N1S(=O)(=O)c1ccccc1. The lowest BCUT2D eigenvalue weighted by molar-refractivity contribution is 0.0981. The Hall–Kier alpha value is -2.76. The monoisotopic (exact) mass is 363 g/mol. The van der Waals surface area contributed by atoms with Crippen LogP contribution in [0.3, 0.4) is 0 Å². The number of carbonyl (C=O) groups excluding carboxylic acids is 1. The molecule has 26 heavy (non-hydrogen) atoms. The maximum Gasteiger partial charge on any atom is 0.244 e. The molecule has 4 nitrogen and oxygen atoms in total. The Bertz CT molecular complexity index is 1020. The smallest absolute Gasteiger partial charge is 0.244 e. The molecule has 1 unspecified atom stereocenters. The van der Waals surface area contributed by atoms with Gasteiger partial charge in [-0.2, -0.15) is 4.31 Å². The molecule has 1 saturated heterocycles. The molecule has 0 aliphatic carbocycles. The number of benzene rings is 3. The lowest BCUT2D eigenvalue weighted by Crippen LogP contribution is -2.19. The van der Waals surface area contributed by atoms with E-state index >= 15 is 0 Å². The number of hydrogen-bond donors (Lipinski definition) is 0. The molecule has 1 heterocycles. The van der Waals surface area contributed by atoms with E-state index < -0.39 is 22.1 Å². The van der Waals surface area contributed by atoms with Gasteiger partial charge in [0.05, 0.1) is 10.9 Å². The first-order valence-corrected chi connectivity index (χ1v) is 9.77. The molecule has 1 fully saturated rings. The summed E-state index contributed by atoms with van der Waals surface area (Å²) in [5.41, 5.74) is 1.34. The summed E-state index contributed by atoms with van der Waals surface area (Å²) in [4.78, 5) is 13.2. The second-order valence-corrected chi connectivity index (χ2v) is 8.02. The van der Waals surface area contributed by atoms with E-state index in [1.54, 1.807) is 54.6 Å². The summed E-state index contributed by atoms with van der Waals surface area (Å²) >= 11 is 0. The van der Waals surface area contributed by atoms with Gasteiger partial charge in [0.1, 0.15) is 6.04 Å². The van der Waals surface area contributed by atoms with E-state index in [9.17, 15) is 13.2 Å². The molecular formula is C21H17NO3S. The summed E-state index contributed by atoms with van der Waals surface area (Å²) in [6.07, 6.45) is 0. The van der Waals surface area contributed by atoms with E-state index in [4.69, 9.17) is 0 Å². The number of hydrogen-bond acceptors (Lipinski definition) is 3. The number of nitrogens with zero attached hydrogens (tertiary/aromatic N) is 1. The Morgan fingerprint density at radius 1 is 0.731 bits per heavy atom. The highest BCUT2D eigenvalue weighted by atomic mass is 32.2. The van der Waals surface area contributed by atoms with Crippen molar-refractivity contribution >= 4 is 15.8 Å². The standard InChI is InChI=1S/C21H17NO3S/c23-21(17-12-6-2-7-13-17)20-19(16-10-4-1-5-11-16)22(20)26(24,25)18-14-8-3-9-15-18/h1-15,19-20H/t19-,20-,22?/m0/s1. The van der Waals surface area contributed by atoms with Gasteiger partial charge in [-0.25, -0.2) is 8.42 Å². The van der Waals surface area contributed by atoms with Crippen LogP contribution in [0.1, 0.15) is 22.0 Å². The number of sulfonamides is 1. The summed E-state index contributed by atoms with van der Waals surface area (Å²) in [5.74, 6) is -0.182. The second-order valence-electron chi connectivity index (χ2n) is 6.18. The first-order chi connectivity index (χ1) is 12.6. The maximum atomic E-state index is 13.1. The van der Waals surface area contributed by atoms with Crippen molar-refractivity contribution < 1.29 is 13.2 Å². The van der Waals surface area contributed by atoms with Crippen LogP contribution in [-0.2, 0) is 10.0 Å². The molecule has 5 heteroatoms. The summed E-state index contributed by atoms with van der Waals surface area (Å²) in [5, 5.41) is 0. The molecule has 0 saturated carbocycles. The van der Waals surface area contributed by atoms with Gasteiger partial charge in [0.15, 0.2) is 5.78 Å². The molecule has 1 aliphatic heterocycles. The van der Waals surface area contributed by atoms with Crippen molar-refractivity contribution in [3.8, 4) is 0 Å². The lowest BCUT2D eigenvalue weighted by atomic mass is 10.0. The zero-order chi connectivity index (χ0) is 18.1. The van der Waals surface area contributed by atoms with Crippen LogP contribution in [-0.4, -0.2) is 24.5 Å². The Kier molecular flexibility index (Phi) is 4.18. The van der Waals surface area contributed by atoms with E-state index in [0.717, 1.165) is 5.56 Å². The molecule has 1 aliphatic rings. The summed E-state index contributed by atoms with van der Waals surface area (Å²) in [6, 6.07) is 25.2. The second kappa shape index (κ2) is 6.52. The number of carbonyl (C=O) groups is 1. The molecule has 3 aromatic carbocycles. The molecule has 0 bridgehead atoms. The molecule has 0 amide bonds. The first kappa shape index (κ1) is 16.7. The molecule has 130 valence electrons. The zero-order valence-corrected chi connectivity index (χ0v) is 14.7. The van der Waals surface area contributed by atoms with Crippen LogP contribution in [0.5, 0.6) is 0 Å². The highest BCUT2D eigenvalue weighted by Gasteiger charge is 2.60. The molecule has 0 radical (unpaired) electrons. The van der Waals surface area contributed by atoms with Crippen molar-refractivity contribution in [2.24, 2.45) is 0 Å². The topological polar surface area (TPSA) is 54.2 Å². The fraction of sp³-hybridized carbons (Fsp3) is 0.0952. The third kappa shape index (κ3) is 2.85. The molecule has 0 aromatic heterocycles. The lowest BCUT2D eigenvalue weighted by Gasteiger charge is -2.06. The Morgan fingerprint density at radius 2 is 1.23 bits per heavy atom. The average molecular weight is 363 g/mol. The van der Waals surface area contributed by atoms with E-state index in [-0.39, 0.29) is 10.7 Å². The molecule has 0 spiro atoms. The third-order valence-electron chi connectivity index (χ3n) is 4.54. The van der Waals surface area contributed by atoms with Gasteiger partial charge in [0, 0.05) is 5.56 Å². The number of ketones is 1. The minimum Gasteiger partial charge on any atom is -0.292 e. The maximum absolute atomic E-state index is 13.1. The van der Waals surface area contributed by atoms with E-state index in [0.29, 0.717) is 5.56 Å². The summed E-state index contributed by atoms with van der Waals surface area (Å²) in [7, 11) is -3.75. The van der Waals surface area contributed by atoms with Crippen molar-refractivity contribution in [3.05, 3.63) is 102 Å². The highest BCUT2D eigenvalue weighted by Crippen LogP contribution is 2.48. The Balaban J connectivity index is 1.75. The minimum atomic E-state index is -3.75. The van der Waals surface area contributed by atoms with Crippen molar-refractivity contribution in [3.63, 3.8) is 0 Å². The fourth-order valence-electron chi connectivity index (χ4n) is 3.24. The van der Waals surface area contributed by atoms with Gasteiger partial charge in [-0.1, -0.05) is 78.9 Å². The Morgan fingerprint density at radius 3 is 1.81 bits per heavy atom. The van der Waals surface area contributed by atoms with Gasteiger partial charge in [0.2, 0.25) is 10.0 Å². The number of Topliss-reactive ketones (excluding diaryl/α,β-unsaturated/α-hetero) is 1. The van der Waals surface area contributed by atoms with E-state index in [2.05, 4.69) is 0 Å². The largest absolute Gasteiger partial charge is 0.292 e. The van der Waals surface area contributed by atoms with Gasteiger partial charge in [-0.15, -0.1) is 0 Å². The van der Waals surface area contributed by atoms with Crippen LogP contribution < -0.4 is 0 Å². The van der Waals surface area contributed by atoms with Crippen LogP contribution in [0.2, 0.25) is 0 Å². The summed E-state index contributed by atoms with van der Waals surface area (Å²) in [6.45, 7) is 0.